The van der Waals surface area contributed by atoms with Gasteiger partial charge in [-0.05, 0) is 36.8 Å². The van der Waals surface area contributed by atoms with E-state index in [1.54, 1.807) is 36.6 Å². The summed E-state index contributed by atoms with van der Waals surface area (Å²) in [4.78, 5) is 6.93. The zero-order chi connectivity index (χ0) is 19.7. The van der Waals surface area contributed by atoms with Gasteiger partial charge in [0.05, 0.1) is 18.0 Å². The van der Waals surface area contributed by atoms with E-state index >= 15 is 0 Å². The molecule has 2 aromatic rings. The van der Waals surface area contributed by atoms with Gasteiger partial charge in [-0.25, -0.2) is 13.1 Å². The minimum Gasteiger partial charge on any atom is -0.383 e. The Labute approximate surface area is 188 Å². The van der Waals surface area contributed by atoms with Crippen molar-refractivity contribution in [3.05, 3.63) is 51.7 Å². The highest BCUT2D eigenvalue weighted by molar-refractivity contribution is 14.0. The molecular formula is C18H27IN4O3S2. The number of nitrogens with one attached hydrogen (secondary N) is 3. The molecule has 0 bridgehead atoms. The van der Waals surface area contributed by atoms with Gasteiger partial charge in [0.2, 0.25) is 10.0 Å². The Morgan fingerprint density at radius 1 is 1.18 bits per heavy atom. The number of hydrogen-bond acceptors (Lipinski definition) is 5. The molecule has 0 saturated heterocycles. The Kier molecular flexibility index (Phi) is 11.0. The number of methoxy groups -OCH3 is 1. The van der Waals surface area contributed by atoms with E-state index in [0.29, 0.717) is 25.7 Å². The normalized spacial score (nSPS) is 11.8. The van der Waals surface area contributed by atoms with Gasteiger partial charge in [-0.1, -0.05) is 12.1 Å². The molecule has 1 aromatic heterocycles. The van der Waals surface area contributed by atoms with Gasteiger partial charge in [-0.2, -0.15) is 0 Å². The quantitative estimate of drug-likeness (QED) is 0.198. The molecule has 0 radical (unpaired) electrons. The van der Waals surface area contributed by atoms with Crippen LogP contribution in [-0.2, 0) is 27.8 Å². The maximum atomic E-state index is 12.3. The lowest BCUT2D eigenvalue weighted by Crippen LogP contribution is -2.36. The monoisotopic (exact) mass is 538 g/mol. The standard InChI is InChI=1S/C18H26N4O3S2.HI/c1-14-7-8-16(26-14)13-21-18(19-2)20-12-15-5-4-6-17(11-15)27(23,24)22-9-10-25-3;/h4-8,11,22H,9-10,12-13H2,1-3H3,(H2,19,20,21);1H. The van der Waals surface area contributed by atoms with Crippen molar-refractivity contribution < 1.29 is 13.2 Å². The van der Waals surface area contributed by atoms with E-state index in [-0.39, 0.29) is 35.4 Å². The summed E-state index contributed by atoms with van der Waals surface area (Å²) >= 11 is 1.74. The lowest BCUT2D eigenvalue weighted by Gasteiger charge is -2.12. The Bertz CT molecular complexity index is 869. The summed E-state index contributed by atoms with van der Waals surface area (Å²) in [5.41, 5.74) is 0.847. The van der Waals surface area contributed by atoms with Crippen LogP contribution in [0.4, 0.5) is 0 Å². The molecule has 1 heterocycles. The summed E-state index contributed by atoms with van der Waals surface area (Å²) in [6.45, 7) is 3.79. The molecule has 156 valence electrons. The van der Waals surface area contributed by atoms with Crippen molar-refractivity contribution in [3.8, 4) is 0 Å². The van der Waals surface area contributed by atoms with E-state index in [1.165, 1.54) is 16.9 Å². The van der Waals surface area contributed by atoms with Gasteiger partial charge in [0.1, 0.15) is 0 Å². The largest absolute Gasteiger partial charge is 0.383 e. The van der Waals surface area contributed by atoms with Gasteiger partial charge in [0, 0.05) is 37.0 Å². The first-order valence-electron chi connectivity index (χ1n) is 8.52. The first-order valence-corrected chi connectivity index (χ1v) is 10.8. The van der Waals surface area contributed by atoms with Crippen molar-refractivity contribution in [2.75, 3.05) is 27.3 Å². The van der Waals surface area contributed by atoms with E-state index in [1.807, 2.05) is 6.07 Å². The van der Waals surface area contributed by atoms with Crippen LogP contribution in [0.2, 0.25) is 0 Å². The maximum absolute atomic E-state index is 12.3. The van der Waals surface area contributed by atoms with Crippen molar-refractivity contribution in [3.63, 3.8) is 0 Å². The first-order chi connectivity index (χ1) is 12.9. The second-order valence-corrected chi connectivity index (χ2v) is 8.97. The van der Waals surface area contributed by atoms with Crippen LogP contribution in [0.15, 0.2) is 46.3 Å². The predicted octanol–water partition coefficient (Wildman–Crippen LogP) is 2.46. The Hall–Kier alpha value is -1.21. The molecule has 10 heteroatoms. The minimum absolute atomic E-state index is 0. The van der Waals surface area contributed by atoms with Gasteiger partial charge < -0.3 is 15.4 Å². The molecule has 0 atom stereocenters. The van der Waals surface area contributed by atoms with Crippen LogP contribution in [0.1, 0.15) is 15.3 Å². The summed E-state index contributed by atoms with van der Waals surface area (Å²) in [5, 5.41) is 6.46. The fraction of sp³-hybridized carbons (Fsp3) is 0.389. The molecule has 0 unspecified atom stereocenters. The van der Waals surface area contributed by atoms with E-state index < -0.39 is 10.0 Å². The molecule has 7 nitrogen and oxygen atoms in total. The van der Waals surface area contributed by atoms with Crippen LogP contribution in [-0.4, -0.2) is 41.7 Å². The Morgan fingerprint density at radius 3 is 2.57 bits per heavy atom. The average molecular weight is 538 g/mol. The van der Waals surface area contributed by atoms with Crippen molar-refractivity contribution >= 4 is 51.3 Å². The highest BCUT2D eigenvalue weighted by Gasteiger charge is 2.13. The number of thiophene rings is 1. The van der Waals surface area contributed by atoms with E-state index in [0.717, 1.165) is 5.56 Å². The molecule has 0 fully saturated rings. The van der Waals surface area contributed by atoms with Gasteiger partial charge in [-0.15, -0.1) is 35.3 Å². The second-order valence-electron chi connectivity index (χ2n) is 5.83. The summed E-state index contributed by atoms with van der Waals surface area (Å²) < 4.78 is 32.0. The number of guanidine groups is 1. The molecule has 3 N–H and O–H groups in total. The third-order valence-corrected chi connectivity index (χ3v) is 6.18. The van der Waals surface area contributed by atoms with E-state index in [4.69, 9.17) is 4.74 Å². The first kappa shape index (κ1) is 24.8. The number of aliphatic imine (C=N–C) groups is 1. The van der Waals surface area contributed by atoms with Crippen LogP contribution < -0.4 is 15.4 Å². The summed E-state index contributed by atoms with van der Waals surface area (Å²) in [5.74, 6) is 0.660. The van der Waals surface area contributed by atoms with Crippen LogP contribution in [0.5, 0.6) is 0 Å². The lowest BCUT2D eigenvalue weighted by atomic mass is 10.2. The summed E-state index contributed by atoms with van der Waals surface area (Å²) in [7, 11) is -0.312. The molecule has 2 rings (SSSR count). The van der Waals surface area contributed by atoms with Gasteiger partial charge in [-0.3, -0.25) is 4.99 Å². The second kappa shape index (κ2) is 12.4. The molecule has 0 aliphatic heterocycles. The number of ether oxygens (including phenoxy) is 1. The molecule has 1 aromatic carbocycles. The maximum Gasteiger partial charge on any atom is 0.240 e. The van der Waals surface area contributed by atoms with Gasteiger partial charge >= 0.3 is 0 Å². The molecule has 0 aliphatic carbocycles. The van der Waals surface area contributed by atoms with Crippen LogP contribution in [0.25, 0.3) is 0 Å². The zero-order valence-corrected chi connectivity index (χ0v) is 20.2. The van der Waals surface area contributed by atoms with Crippen molar-refractivity contribution in [1.29, 1.82) is 0 Å². The minimum atomic E-state index is -3.55. The number of halogens is 1. The fourth-order valence-electron chi connectivity index (χ4n) is 2.34. The number of sulfonamides is 1. The smallest absolute Gasteiger partial charge is 0.240 e. The van der Waals surface area contributed by atoms with Crippen molar-refractivity contribution in [1.82, 2.24) is 15.4 Å². The number of nitrogens with zero attached hydrogens (tertiary/aromatic N) is 1. The molecule has 0 spiro atoms. The average Bonchev–Trinajstić information content (AvgIpc) is 3.07. The Morgan fingerprint density at radius 2 is 1.93 bits per heavy atom. The van der Waals surface area contributed by atoms with Gasteiger partial charge in [0.25, 0.3) is 0 Å². The summed E-state index contributed by atoms with van der Waals surface area (Å²) in [6, 6.07) is 11.0. The zero-order valence-electron chi connectivity index (χ0n) is 16.2. The molecule has 0 saturated carbocycles. The lowest BCUT2D eigenvalue weighted by molar-refractivity contribution is 0.204. The third-order valence-electron chi connectivity index (χ3n) is 3.72. The SMILES string of the molecule is CN=C(NCc1cccc(S(=O)(=O)NCCOC)c1)NCc1ccc(C)s1.I. The number of benzene rings is 1. The number of rotatable bonds is 9. The molecule has 0 aliphatic rings. The van der Waals surface area contributed by atoms with Crippen LogP contribution >= 0.6 is 35.3 Å². The highest BCUT2D eigenvalue weighted by atomic mass is 127. The number of aryl methyl sites for hydroxylation is 1. The van der Waals surface area contributed by atoms with Gasteiger partial charge in [0.15, 0.2) is 5.96 Å². The predicted molar refractivity (Wildman–Crippen MR) is 125 cm³/mol. The third kappa shape index (κ3) is 8.03. The van der Waals surface area contributed by atoms with Crippen molar-refractivity contribution in [2.24, 2.45) is 4.99 Å². The van der Waals surface area contributed by atoms with Crippen LogP contribution in [0.3, 0.4) is 0 Å². The molecular weight excluding hydrogens is 511 g/mol. The van der Waals surface area contributed by atoms with Crippen LogP contribution in [0, 0.1) is 6.92 Å². The highest BCUT2D eigenvalue weighted by Crippen LogP contribution is 2.14. The molecule has 28 heavy (non-hydrogen) atoms. The molecule has 0 amide bonds. The number of hydrogen-bond donors (Lipinski definition) is 3. The summed E-state index contributed by atoms with van der Waals surface area (Å²) in [6.07, 6.45) is 0. The topological polar surface area (TPSA) is 91.8 Å². The Balaban J connectivity index is 0.00000392. The fourth-order valence-corrected chi connectivity index (χ4v) is 4.25. The van der Waals surface area contributed by atoms with E-state index in [2.05, 4.69) is 39.4 Å². The van der Waals surface area contributed by atoms with E-state index in [9.17, 15) is 8.42 Å². The van der Waals surface area contributed by atoms with Crippen molar-refractivity contribution in [2.45, 2.75) is 24.9 Å².